The standard InChI is InChI=1S/C22H18O2/c23-21(18-13-12-15-6-1-2-8-17(15)14-18)22(24)20-11-5-9-16-7-3-4-10-19(16)20/h1-14,21-24H/t21-,22-/m0/s1. The molecule has 0 spiro atoms. The second-order valence-corrected chi connectivity index (χ2v) is 6.06. The van der Waals surface area contributed by atoms with Gasteiger partial charge in [-0.25, -0.2) is 0 Å². The summed E-state index contributed by atoms with van der Waals surface area (Å²) in [6.07, 6.45) is -1.95. The minimum absolute atomic E-state index is 0.717. The van der Waals surface area contributed by atoms with Gasteiger partial charge < -0.3 is 10.2 Å². The van der Waals surface area contributed by atoms with E-state index in [0.717, 1.165) is 27.1 Å². The number of fused-ring (bicyclic) bond motifs is 2. The molecule has 2 heteroatoms. The van der Waals surface area contributed by atoms with Gasteiger partial charge in [0, 0.05) is 0 Å². The van der Waals surface area contributed by atoms with E-state index in [1.807, 2.05) is 84.9 Å². The first-order chi connectivity index (χ1) is 11.7. The Morgan fingerprint density at radius 3 is 2.04 bits per heavy atom. The van der Waals surface area contributed by atoms with Crippen LogP contribution in [0.4, 0.5) is 0 Å². The zero-order valence-corrected chi connectivity index (χ0v) is 13.1. The molecule has 4 aromatic carbocycles. The summed E-state index contributed by atoms with van der Waals surface area (Å²) in [5.41, 5.74) is 1.46. The number of aliphatic hydroxyl groups excluding tert-OH is 2. The molecule has 0 heterocycles. The molecule has 2 nitrogen and oxygen atoms in total. The van der Waals surface area contributed by atoms with Crippen LogP contribution in [0.1, 0.15) is 23.3 Å². The van der Waals surface area contributed by atoms with Gasteiger partial charge in [0.1, 0.15) is 12.2 Å². The van der Waals surface area contributed by atoms with Gasteiger partial charge in [0.2, 0.25) is 0 Å². The molecule has 0 saturated carbocycles. The van der Waals surface area contributed by atoms with Gasteiger partial charge in [0.05, 0.1) is 0 Å². The molecule has 0 aliphatic carbocycles. The fourth-order valence-electron chi connectivity index (χ4n) is 3.25. The Labute approximate surface area is 140 Å². The SMILES string of the molecule is O[C@@H](c1ccc2ccccc2c1)[C@@H](O)c1cccc2ccccc12. The minimum Gasteiger partial charge on any atom is -0.385 e. The molecule has 0 aliphatic heterocycles. The summed E-state index contributed by atoms with van der Waals surface area (Å²) in [6, 6.07) is 27.5. The molecule has 4 aromatic rings. The summed E-state index contributed by atoms with van der Waals surface area (Å²) in [6.45, 7) is 0. The maximum Gasteiger partial charge on any atom is 0.110 e. The minimum atomic E-state index is -0.975. The van der Waals surface area contributed by atoms with Crippen LogP contribution in [-0.2, 0) is 0 Å². The molecule has 0 amide bonds. The second kappa shape index (κ2) is 6.08. The molecule has 0 unspecified atom stereocenters. The largest absolute Gasteiger partial charge is 0.385 e. The summed E-state index contributed by atoms with van der Waals surface area (Å²) in [7, 11) is 0. The molecule has 118 valence electrons. The van der Waals surface area contributed by atoms with Crippen LogP contribution in [0.25, 0.3) is 21.5 Å². The Morgan fingerprint density at radius 1 is 0.542 bits per heavy atom. The highest BCUT2D eigenvalue weighted by Gasteiger charge is 2.22. The van der Waals surface area contributed by atoms with E-state index in [-0.39, 0.29) is 0 Å². The average molecular weight is 314 g/mol. The van der Waals surface area contributed by atoms with Crippen LogP contribution in [0, 0.1) is 0 Å². The van der Waals surface area contributed by atoms with Crippen molar-refractivity contribution >= 4 is 21.5 Å². The number of hydrogen-bond acceptors (Lipinski definition) is 2. The van der Waals surface area contributed by atoms with Crippen molar-refractivity contribution in [2.75, 3.05) is 0 Å². The summed E-state index contributed by atoms with van der Waals surface area (Å²) in [5, 5.41) is 25.7. The number of rotatable bonds is 3. The van der Waals surface area contributed by atoms with Crippen LogP contribution in [0.2, 0.25) is 0 Å². The summed E-state index contributed by atoms with van der Waals surface area (Å²) in [5.74, 6) is 0. The molecule has 2 atom stereocenters. The lowest BCUT2D eigenvalue weighted by Gasteiger charge is -2.20. The van der Waals surface area contributed by atoms with Crippen molar-refractivity contribution in [2.45, 2.75) is 12.2 Å². The zero-order chi connectivity index (χ0) is 16.5. The Hall–Kier alpha value is -2.68. The fourth-order valence-corrected chi connectivity index (χ4v) is 3.25. The predicted octanol–water partition coefficient (Wildman–Crippen LogP) is 4.76. The highest BCUT2D eigenvalue weighted by atomic mass is 16.3. The highest BCUT2D eigenvalue weighted by Crippen LogP contribution is 2.34. The van der Waals surface area contributed by atoms with Gasteiger partial charge in [-0.3, -0.25) is 0 Å². The normalized spacial score (nSPS) is 13.9. The average Bonchev–Trinajstić information content (AvgIpc) is 2.66. The third-order valence-corrected chi connectivity index (χ3v) is 4.56. The maximum absolute atomic E-state index is 10.8. The molecule has 24 heavy (non-hydrogen) atoms. The van der Waals surface area contributed by atoms with Gasteiger partial charge in [-0.15, -0.1) is 0 Å². The molecule has 0 bridgehead atoms. The van der Waals surface area contributed by atoms with Crippen molar-refractivity contribution in [3.63, 3.8) is 0 Å². The molecule has 4 rings (SSSR count). The van der Waals surface area contributed by atoms with E-state index >= 15 is 0 Å². The van der Waals surface area contributed by atoms with E-state index in [1.165, 1.54) is 0 Å². The van der Waals surface area contributed by atoms with Crippen molar-refractivity contribution in [3.05, 3.63) is 96.1 Å². The number of aliphatic hydroxyl groups is 2. The van der Waals surface area contributed by atoms with E-state index in [1.54, 1.807) is 0 Å². The quantitative estimate of drug-likeness (QED) is 0.572. The van der Waals surface area contributed by atoms with Crippen LogP contribution in [0.3, 0.4) is 0 Å². The Bertz CT molecular complexity index is 1000. The van der Waals surface area contributed by atoms with Crippen LogP contribution in [0.5, 0.6) is 0 Å². The van der Waals surface area contributed by atoms with Gasteiger partial charge in [-0.2, -0.15) is 0 Å². The first-order valence-corrected chi connectivity index (χ1v) is 8.06. The van der Waals surface area contributed by atoms with Gasteiger partial charge in [-0.05, 0) is 38.7 Å². The Balaban J connectivity index is 1.75. The molecule has 0 saturated heterocycles. The number of hydrogen-bond donors (Lipinski definition) is 2. The lowest BCUT2D eigenvalue weighted by Crippen LogP contribution is -2.10. The van der Waals surface area contributed by atoms with E-state index in [4.69, 9.17) is 0 Å². The van der Waals surface area contributed by atoms with Gasteiger partial charge >= 0.3 is 0 Å². The monoisotopic (exact) mass is 314 g/mol. The van der Waals surface area contributed by atoms with Crippen LogP contribution in [0.15, 0.2) is 84.9 Å². The Kier molecular flexibility index (Phi) is 3.77. The fraction of sp³-hybridized carbons (Fsp3) is 0.0909. The van der Waals surface area contributed by atoms with E-state index in [9.17, 15) is 10.2 Å². The van der Waals surface area contributed by atoms with Gasteiger partial charge in [0.15, 0.2) is 0 Å². The highest BCUT2D eigenvalue weighted by molar-refractivity contribution is 5.86. The first kappa shape index (κ1) is 14.9. The zero-order valence-electron chi connectivity index (χ0n) is 13.1. The molecule has 0 fully saturated rings. The van der Waals surface area contributed by atoms with Crippen LogP contribution in [-0.4, -0.2) is 10.2 Å². The van der Waals surface area contributed by atoms with Crippen LogP contribution < -0.4 is 0 Å². The van der Waals surface area contributed by atoms with E-state index in [0.29, 0.717) is 5.56 Å². The van der Waals surface area contributed by atoms with Crippen LogP contribution >= 0.6 is 0 Å². The number of benzene rings is 4. The molecule has 0 radical (unpaired) electrons. The maximum atomic E-state index is 10.8. The van der Waals surface area contributed by atoms with Crippen molar-refractivity contribution in [2.24, 2.45) is 0 Å². The molecular weight excluding hydrogens is 296 g/mol. The predicted molar refractivity (Wildman–Crippen MR) is 97.8 cm³/mol. The molecule has 0 aromatic heterocycles. The van der Waals surface area contributed by atoms with E-state index < -0.39 is 12.2 Å². The lowest BCUT2D eigenvalue weighted by molar-refractivity contribution is 0.0182. The van der Waals surface area contributed by atoms with Crippen molar-refractivity contribution < 1.29 is 10.2 Å². The van der Waals surface area contributed by atoms with Gasteiger partial charge in [-0.1, -0.05) is 78.9 Å². The lowest BCUT2D eigenvalue weighted by atomic mass is 9.93. The van der Waals surface area contributed by atoms with Crippen molar-refractivity contribution in [3.8, 4) is 0 Å². The summed E-state index contributed by atoms with van der Waals surface area (Å²) >= 11 is 0. The smallest absolute Gasteiger partial charge is 0.110 e. The molecule has 0 aliphatic rings. The van der Waals surface area contributed by atoms with Gasteiger partial charge in [0.25, 0.3) is 0 Å². The molecular formula is C22H18O2. The first-order valence-electron chi connectivity index (χ1n) is 8.06. The Morgan fingerprint density at radius 2 is 1.21 bits per heavy atom. The topological polar surface area (TPSA) is 40.5 Å². The third kappa shape index (κ3) is 2.56. The van der Waals surface area contributed by atoms with E-state index in [2.05, 4.69) is 0 Å². The molecule has 2 N–H and O–H groups in total. The third-order valence-electron chi connectivity index (χ3n) is 4.56. The summed E-state index contributed by atoms with van der Waals surface area (Å²) < 4.78 is 0. The summed E-state index contributed by atoms with van der Waals surface area (Å²) in [4.78, 5) is 0. The van der Waals surface area contributed by atoms with Crippen molar-refractivity contribution in [1.29, 1.82) is 0 Å². The second-order valence-electron chi connectivity index (χ2n) is 6.06. The van der Waals surface area contributed by atoms with Crippen molar-refractivity contribution in [1.82, 2.24) is 0 Å².